The molecule has 1 amide bonds. The van der Waals surface area contributed by atoms with Gasteiger partial charge in [-0.1, -0.05) is 25.3 Å². The fourth-order valence-corrected chi connectivity index (χ4v) is 4.67. The maximum atomic E-state index is 14.3. The molecule has 1 atom stereocenters. The second-order valence-electron chi connectivity index (χ2n) is 6.37. The van der Waals surface area contributed by atoms with Crippen LogP contribution in [0.5, 0.6) is 0 Å². The van der Waals surface area contributed by atoms with Gasteiger partial charge < -0.3 is 10.0 Å². The predicted octanol–water partition coefficient (Wildman–Crippen LogP) is 2.98. The molecule has 2 fully saturated rings. The summed E-state index contributed by atoms with van der Waals surface area (Å²) < 4.78 is 14.3. The molecular formula is C16H20FNO3S. The van der Waals surface area contributed by atoms with Gasteiger partial charge >= 0.3 is 5.97 Å². The molecule has 1 N–H and O–H groups in total. The third kappa shape index (κ3) is 2.43. The lowest BCUT2D eigenvalue weighted by atomic mass is 9.72. The summed E-state index contributed by atoms with van der Waals surface area (Å²) >= 11 is 1.56. The normalized spacial score (nSPS) is 27.8. The van der Waals surface area contributed by atoms with Crippen LogP contribution in [0.25, 0.3) is 0 Å². The number of amides is 1. The molecule has 0 aromatic carbocycles. The second kappa shape index (κ2) is 5.65. The molecular weight excluding hydrogens is 305 g/mol. The molecule has 0 bridgehead atoms. The molecule has 1 aliphatic heterocycles. The molecule has 1 saturated heterocycles. The van der Waals surface area contributed by atoms with Gasteiger partial charge in [0.2, 0.25) is 11.6 Å². The Kier molecular flexibility index (Phi) is 3.97. The summed E-state index contributed by atoms with van der Waals surface area (Å²) in [4.78, 5) is 26.6. The molecule has 4 nitrogen and oxygen atoms in total. The third-order valence-electron chi connectivity index (χ3n) is 5.00. The summed E-state index contributed by atoms with van der Waals surface area (Å²) in [5.74, 6) is -1.55. The van der Waals surface area contributed by atoms with Crippen LogP contribution in [0.2, 0.25) is 0 Å². The standard InChI is InChI=1S/C16H20FNO3S/c17-16(14(20)21)8-9-18(11-16)13(19)15(6-2-1-3-7-15)12-5-4-10-22-12/h4-5,10H,1-3,6-9,11H2,(H,20,21). The van der Waals surface area contributed by atoms with Gasteiger partial charge in [0.25, 0.3) is 0 Å². The van der Waals surface area contributed by atoms with Crippen molar-refractivity contribution >= 4 is 23.2 Å². The number of nitrogens with zero attached hydrogens (tertiary/aromatic N) is 1. The number of carbonyl (C=O) groups is 2. The number of halogens is 1. The van der Waals surface area contributed by atoms with E-state index in [1.54, 1.807) is 11.3 Å². The first-order valence-corrected chi connectivity index (χ1v) is 8.62. The van der Waals surface area contributed by atoms with Crippen LogP contribution in [0, 0.1) is 0 Å². The number of carbonyl (C=O) groups excluding carboxylic acids is 1. The van der Waals surface area contributed by atoms with Crippen molar-refractivity contribution in [2.24, 2.45) is 0 Å². The Morgan fingerprint density at radius 2 is 1.95 bits per heavy atom. The Morgan fingerprint density at radius 1 is 1.23 bits per heavy atom. The summed E-state index contributed by atoms with van der Waals surface area (Å²) in [6.07, 6.45) is 4.51. The van der Waals surface area contributed by atoms with E-state index in [-0.39, 0.29) is 25.4 Å². The average molecular weight is 325 g/mol. The van der Waals surface area contributed by atoms with Crippen molar-refractivity contribution in [2.45, 2.75) is 49.6 Å². The molecule has 2 heterocycles. The number of hydrogen-bond donors (Lipinski definition) is 1. The average Bonchev–Trinajstić information content (AvgIpc) is 3.17. The molecule has 1 unspecified atom stereocenters. The van der Waals surface area contributed by atoms with Crippen LogP contribution in [0.4, 0.5) is 4.39 Å². The SMILES string of the molecule is O=C(O)C1(F)CCN(C(=O)C2(c3cccs3)CCCCC2)C1. The Morgan fingerprint density at radius 3 is 2.50 bits per heavy atom. The van der Waals surface area contributed by atoms with Gasteiger partial charge in [-0.3, -0.25) is 4.79 Å². The van der Waals surface area contributed by atoms with Gasteiger partial charge in [0, 0.05) is 17.8 Å². The van der Waals surface area contributed by atoms with E-state index >= 15 is 0 Å². The quantitative estimate of drug-likeness (QED) is 0.929. The lowest BCUT2D eigenvalue weighted by Gasteiger charge is -2.38. The fraction of sp³-hybridized carbons (Fsp3) is 0.625. The number of thiophene rings is 1. The first-order valence-electron chi connectivity index (χ1n) is 7.74. The smallest absolute Gasteiger partial charge is 0.343 e. The molecule has 1 aromatic heterocycles. The van der Waals surface area contributed by atoms with E-state index in [9.17, 15) is 14.0 Å². The van der Waals surface area contributed by atoms with Crippen molar-refractivity contribution < 1.29 is 19.1 Å². The van der Waals surface area contributed by atoms with Gasteiger partial charge in [0.1, 0.15) is 0 Å². The van der Waals surface area contributed by atoms with Crippen LogP contribution in [0.15, 0.2) is 17.5 Å². The van der Waals surface area contributed by atoms with Gasteiger partial charge in [-0.15, -0.1) is 11.3 Å². The molecule has 1 saturated carbocycles. The summed E-state index contributed by atoms with van der Waals surface area (Å²) in [7, 11) is 0. The van der Waals surface area contributed by atoms with Gasteiger partial charge in [0.05, 0.1) is 12.0 Å². The minimum atomic E-state index is -2.29. The van der Waals surface area contributed by atoms with Crippen molar-refractivity contribution in [2.75, 3.05) is 13.1 Å². The van der Waals surface area contributed by atoms with E-state index in [1.165, 1.54) is 4.90 Å². The first kappa shape index (κ1) is 15.5. The van der Waals surface area contributed by atoms with E-state index in [4.69, 9.17) is 5.11 Å². The minimum absolute atomic E-state index is 0.0876. The van der Waals surface area contributed by atoms with E-state index in [2.05, 4.69) is 0 Å². The molecule has 1 aromatic rings. The predicted molar refractivity (Wildman–Crippen MR) is 81.8 cm³/mol. The van der Waals surface area contributed by atoms with Crippen LogP contribution in [0.1, 0.15) is 43.4 Å². The zero-order chi connectivity index (χ0) is 15.8. The highest BCUT2D eigenvalue weighted by molar-refractivity contribution is 7.10. The van der Waals surface area contributed by atoms with Crippen molar-refractivity contribution in [1.82, 2.24) is 4.90 Å². The van der Waals surface area contributed by atoms with Gasteiger partial charge in [-0.05, 0) is 24.3 Å². The zero-order valence-electron chi connectivity index (χ0n) is 12.4. The molecule has 6 heteroatoms. The largest absolute Gasteiger partial charge is 0.479 e. The molecule has 22 heavy (non-hydrogen) atoms. The van der Waals surface area contributed by atoms with Crippen LogP contribution < -0.4 is 0 Å². The van der Waals surface area contributed by atoms with E-state index in [0.717, 1.165) is 37.0 Å². The Labute approximate surface area is 132 Å². The van der Waals surface area contributed by atoms with Crippen LogP contribution in [0.3, 0.4) is 0 Å². The molecule has 0 radical (unpaired) electrons. The van der Waals surface area contributed by atoms with Crippen molar-refractivity contribution in [3.8, 4) is 0 Å². The monoisotopic (exact) mass is 325 g/mol. The summed E-state index contributed by atoms with van der Waals surface area (Å²) in [5, 5.41) is 11.0. The number of aliphatic carboxylic acids is 1. The maximum absolute atomic E-state index is 14.3. The van der Waals surface area contributed by atoms with Crippen LogP contribution >= 0.6 is 11.3 Å². The van der Waals surface area contributed by atoms with Gasteiger partial charge in [0.15, 0.2) is 0 Å². The highest BCUT2D eigenvalue weighted by Crippen LogP contribution is 2.44. The number of rotatable bonds is 3. The van der Waals surface area contributed by atoms with Gasteiger partial charge in [-0.2, -0.15) is 0 Å². The van der Waals surface area contributed by atoms with E-state index in [0.29, 0.717) is 0 Å². The van der Waals surface area contributed by atoms with Gasteiger partial charge in [-0.25, -0.2) is 9.18 Å². The summed E-state index contributed by atoms with van der Waals surface area (Å²) in [5.41, 5.74) is -2.86. The molecule has 2 aliphatic rings. The molecule has 1 aliphatic carbocycles. The number of alkyl halides is 1. The van der Waals surface area contributed by atoms with Crippen molar-refractivity contribution in [3.05, 3.63) is 22.4 Å². The number of hydrogen-bond acceptors (Lipinski definition) is 3. The fourth-order valence-electron chi connectivity index (χ4n) is 3.70. The lowest BCUT2D eigenvalue weighted by Crippen LogP contribution is -2.48. The Bertz CT molecular complexity index is 568. The lowest BCUT2D eigenvalue weighted by molar-refractivity contribution is -0.150. The topological polar surface area (TPSA) is 57.6 Å². The molecule has 120 valence electrons. The molecule has 3 rings (SSSR count). The maximum Gasteiger partial charge on any atom is 0.343 e. The van der Waals surface area contributed by atoms with E-state index in [1.807, 2.05) is 17.5 Å². The first-order chi connectivity index (χ1) is 10.5. The number of carboxylic acids is 1. The Hall–Kier alpha value is -1.43. The highest BCUT2D eigenvalue weighted by Gasteiger charge is 2.51. The summed E-state index contributed by atoms with van der Waals surface area (Å²) in [6.45, 7) is -0.136. The van der Waals surface area contributed by atoms with Crippen LogP contribution in [-0.2, 0) is 15.0 Å². The van der Waals surface area contributed by atoms with Crippen LogP contribution in [-0.4, -0.2) is 40.6 Å². The Balaban J connectivity index is 1.87. The summed E-state index contributed by atoms with van der Waals surface area (Å²) in [6, 6.07) is 3.91. The highest BCUT2D eigenvalue weighted by atomic mass is 32.1. The minimum Gasteiger partial charge on any atom is -0.479 e. The number of carboxylic acid groups (broad SMARTS) is 1. The van der Waals surface area contributed by atoms with E-state index < -0.39 is 17.1 Å². The molecule has 0 spiro atoms. The zero-order valence-corrected chi connectivity index (χ0v) is 13.2. The third-order valence-corrected chi connectivity index (χ3v) is 6.07. The second-order valence-corrected chi connectivity index (χ2v) is 7.31. The van der Waals surface area contributed by atoms with Crippen molar-refractivity contribution in [3.63, 3.8) is 0 Å². The van der Waals surface area contributed by atoms with Crippen molar-refractivity contribution in [1.29, 1.82) is 0 Å². The number of likely N-dealkylation sites (tertiary alicyclic amines) is 1.